The maximum Gasteiger partial charge on any atom is 0.262 e. The summed E-state index contributed by atoms with van der Waals surface area (Å²) in [6.07, 6.45) is -0.980. The molecule has 0 fully saturated rings. The SMILES string of the molecule is FC(Cl)(Cl)CC(F)(Cl)Cl. The molecule has 0 aliphatic heterocycles. The van der Waals surface area contributed by atoms with Gasteiger partial charge in [-0.1, -0.05) is 46.4 Å². The molecule has 0 aliphatic rings. The van der Waals surface area contributed by atoms with Gasteiger partial charge in [-0.15, -0.1) is 0 Å². The molecule has 0 amide bonds. The van der Waals surface area contributed by atoms with Gasteiger partial charge in [0.05, 0.1) is 6.42 Å². The van der Waals surface area contributed by atoms with Crippen molar-refractivity contribution in [3.63, 3.8) is 0 Å². The molecule has 0 aliphatic carbocycles. The smallest absolute Gasteiger partial charge is 0.208 e. The Balaban J connectivity index is 3.75. The highest BCUT2D eigenvalue weighted by molar-refractivity contribution is 6.51. The second-order valence-corrected chi connectivity index (χ2v) is 4.19. The molecule has 0 aromatic rings. The minimum Gasteiger partial charge on any atom is -0.208 e. The number of halogens is 6. The summed E-state index contributed by atoms with van der Waals surface area (Å²) in [7, 11) is 0. The first-order valence-electron chi connectivity index (χ1n) is 1.84. The van der Waals surface area contributed by atoms with E-state index in [2.05, 4.69) is 0 Å². The Kier molecular flexibility index (Phi) is 3.29. The van der Waals surface area contributed by atoms with Crippen molar-refractivity contribution in [3.8, 4) is 0 Å². The topological polar surface area (TPSA) is 0 Å². The summed E-state index contributed by atoms with van der Waals surface area (Å²) < 4.78 is 18.6. The Morgan fingerprint density at radius 1 is 0.889 bits per heavy atom. The van der Waals surface area contributed by atoms with Crippen LogP contribution in [0.2, 0.25) is 0 Å². The number of hydrogen-bond donors (Lipinski definition) is 0. The first-order valence-corrected chi connectivity index (χ1v) is 3.35. The van der Waals surface area contributed by atoms with Gasteiger partial charge in [0.15, 0.2) is 0 Å². The van der Waals surface area contributed by atoms with Gasteiger partial charge in [-0.25, -0.2) is 8.78 Å². The molecule has 56 valence electrons. The molecule has 0 atom stereocenters. The first kappa shape index (κ1) is 10.0. The van der Waals surface area contributed by atoms with Crippen molar-refractivity contribution in [2.75, 3.05) is 0 Å². The molecule has 6 heteroatoms. The van der Waals surface area contributed by atoms with Gasteiger partial charge in [-0.05, 0) is 0 Å². The Morgan fingerprint density at radius 2 is 1.11 bits per heavy atom. The van der Waals surface area contributed by atoms with Gasteiger partial charge in [0, 0.05) is 0 Å². The van der Waals surface area contributed by atoms with E-state index in [0.29, 0.717) is 0 Å². The molecule has 0 unspecified atom stereocenters. The average molecular weight is 218 g/mol. The highest BCUT2D eigenvalue weighted by atomic mass is 35.5. The zero-order chi connectivity index (χ0) is 7.71. The number of alkyl halides is 6. The Bertz CT molecular complexity index is 79.0. The van der Waals surface area contributed by atoms with E-state index < -0.39 is 15.6 Å². The van der Waals surface area contributed by atoms with Crippen molar-refractivity contribution in [1.29, 1.82) is 0 Å². The zero-order valence-electron chi connectivity index (χ0n) is 3.97. The van der Waals surface area contributed by atoms with E-state index in [0.717, 1.165) is 0 Å². The number of rotatable bonds is 2. The van der Waals surface area contributed by atoms with Crippen LogP contribution >= 0.6 is 46.4 Å². The van der Waals surface area contributed by atoms with E-state index in [4.69, 9.17) is 46.4 Å². The molecular weight excluding hydrogens is 216 g/mol. The van der Waals surface area contributed by atoms with Crippen LogP contribution in [-0.4, -0.2) is 9.17 Å². The summed E-state index contributed by atoms with van der Waals surface area (Å²) in [5.41, 5.74) is 0. The first-order chi connectivity index (χ1) is 3.71. The molecule has 0 aromatic carbocycles. The fourth-order valence-corrected chi connectivity index (χ4v) is 1.24. The number of hydrogen-bond acceptors (Lipinski definition) is 0. The van der Waals surface area contributed by atoms with Gasteiger partial charge in [0.25, 0.3) is 9.17 Å². The van der Waals surface area contributed by atoms with E-state index in [1.54, 1.807) is 0 Å². The summed E-state index contributed by atoms with van der Waals surface area (Å²) in [6.45, 7) is 0. The zero-order valence-corrected chi connectivity index (χ0v) is 7.00. The molecule has 0 radical (unpaired) electrons. The van der Waals surface area contributed by atoms with Gasteiger partial charge in [-0.3, -0.25) is 0 Å². The van der Waals surface area contributed by atoms with Gasteiger partial charge in [-0.2, -0.15) is 0 Å². The quantitative estimate of drug-likeness (QED) is 0.621. The van der Waals surface area contributed by atoms with Crippen LogP contribution in [-0.2, 0) is 0 Å². The van der Waals surface area contributed by atoms with Gasteiger partial charge in [0.2, 0.25) is 0 Å². The Morgan fingerprint density at radius 3 is 1.11 bits per heavy atom. The van der Waals surface area contributed by atoms with Gasteiger partial charge >= 0.3 is 0 Å². The van der Waals surface area contributed by atoms with E-state index in [1.165, 1.54) is 0 Å². The summed E-state index contributed by atoms with van der Waals surface area (Å²) in [4.78, 5) is 0. The van der Waals surface area contributed by atoms with Crippen LogP contribution in [0.3, 0.4) is 0 Å². The monoisotopic (exact) mass is 216 g/mol. The van der Waals surface area contributed by atoms with Crippen LogP contribution in [0.5, 0.6) is 0 Å². The molecule has 9 heavy (non-hydrogen) atoms. The molecule has 0 bridgehead atoms. The highest BCUT2D eigenvalue weighted by Crippen LogP contribution is 2.39. The molecular formula is C3H2Cl4F2. The van der Waals surface area contributed by atoms with Crippen LogP contribution in [0.15, 0.2) is 0 Å². The molecule has 0 rings (SSSR count). The lowest BCUT2D eigenvalue weighted by Gasteiger charge is -2.13. The van der Waals surface area contributed by atoms with E-state index in [9.17, 15) is 8.78 Å². The van der Waals surface area contributed by atoms with E-state index in [1.807, 2.05) is 0 Å². The minimum absolute atomic E-state index is 0.980. The fraction of sp³-hybridized carbons (Fsp3) is 1.00. The van der Waals surface area contributed by atoms with Crippen molar-refractivity contribution in [2.24, 2.45) is 0 Å². The van der Waals surface area contributed by atoms with Crippen molar-refractivity contribution in [2.45, 2.75) is 15.6 Å². The van der Waals surface area contributed by atoms with Crippen molar-refractivity contribution in [3.05, 3.63) is 0 Å². The third-order valence-electron chi connectivity index (χ3n) is 0.401. The largest absolute Gasteiger partial charge is 0.262 e. The lowest BCUT2D eigenvalue weighted by atomic mass is 10.5. The predicted molar refractivity (Wildman–Crippen MR) is 35.7 cm³/mol. The maximum atomic E-state index is 12.0. The Hall–Kier alpha value is 1.02. The summed E-state index contributed by atoms with van der Waals surface area (Å²) >= 11 is 18.8. The maximum absolute atomic E-state index is 12.0. The molecule has 0 nitrogen and oxygen atoms in total. The fourth-order valence-electron chi connectivity index (χ4n) is 0.227. The van der Waals surface area contributed by atoms with Gasteiger partial charge in [0.1, 0.15) is 0 Å². The van der Waals surface area contributed by atoms with E-state index in [-0.39, 0.29) is 0 Å². The molecule has 0 heterocycles. The van der Waals surface area contributed by atoms with Crippen LogP contribution in [0.25, 0.3) is 0 Å². The summed E-state index contributed by atoms with van der Waals surface area (Å²) in [5.74, 6) is 0. The molecule has 0 saturated heterocycles. The van der Waals surface area contributed by atoms with Crippen LogP contribution < -0.4 is 0 Å². The summed E-state index contributed by atoms with van der Waals surface area (Å²) in [6, 6.07) is 0. The van der Waals surface area contributed by atoms with E-state index >= 15 is 0 Å². The van der Waals surface area contributed by atoms with Crippen molar-refractivity contribution < 1.29 is 8.78 Å². The average Bonchev–Trinajstić information content (AvgIpc) is 1.14. The normalized spacial score (nSPS) is 14.0. The standard InChI is InChI=1S/C3H2Cl4F2/c4-2(5,8)1-3(6,7)9/h1H2. The Labute approximate surface area is 71.0 Å². The van der Waals surface area contributed by atoms with Crippen molar-refractivity contribution in [1.82, 2.24) is 0 Å². The lowest BCUT2D eigenvalue weighted by Crippen LogP contribution is -2.16. The van der Waals surface area contributed by atoms with Crippen LogP contribution in [0.1, 0.15) is 6.42 Å². The highest BCUT2D eigenvalue weighted by Gasteiger charge is 2.36. The van der Waals surface area contributed by atoms with Crippen LogP contribution in [0.4, 0.5) is 8.78 Å². The molecule has 0 N–H and O–H groups in total. The van der Waals surface area contributed by atoms with Gasteiger partial charge < -0.3 is 0 Å². The lowest BCUT2D eigenvalue weighted by molar-refractivity contribution is 0.276. The summed E-state index contributed by atoms with van der Waals surface area (Å²) in [5, 5.41) is 0. The molecule has 0 saturated carbocycles. The van der Waals surface area contributed by atoms with Crippen LogP contribution in [0, 0.1) is 0 Å². The predicted octanol–water partition coefficient (Wildman–Crippen LogP) is 3.58. The molecule has 0 aromatic heterocycles. The second-order valence-electron chi connectivity index (χ2n) is 1.41. The second kappa shape index (κ2) is 2.95. The minimum atomic E-state index is -2.71. The third-order valence-corrected chi connectivity index (χ3v) is 0.935. The molecule has 0 spiro atoms. The van der Waals surface area contributed by atoms with Crippen molar-refractivity contribution >= 4 is 46.4 Å². The third kappa shape index (κ3) is 9.02.